The summed E-state index contributed by atoms with van der Waals surface area (Å²) in [7, 11) is 0. The molecule has 1 aliphatic carbocycles. The van der Waals surface area contributed by atoms with Crippen molar-refractivity contribution >= 4 is 29.2 Å². The molecule has 2 unspecified atom stereocenters. The number of nitrogens with one attached hydrogen (secondary N) is 2. The molecule has 274 valence electrons. The number of piperidine rings is 1. The number of aliphatic imine (C=N–C) groups is 1. The van der Waals surface area contributed by atoms with Crippen LogP contribution in [0.1, 0.15) is 47.7 Å². The van der Waals surface area contributed by atoms with Gasteiger partial charge >= 0.3 is 6.18 Å². The summed E-state index contributed by atoms with van der Waals surface area (Å²) in [5.74, 6) is -0.900. The lowest BCUT2D eigenvalue weighted by Crippen LogP contribution is -2.66. The van der Waals surface area contributed by atoms with Gasteiger partial charge in [-0.05, 0) is 55.7 Å². The first kappa shape index (κ1) is 38.0. The second-order valence-electron chi connectivity index (χ2n) is 13.2. The highest BCUT2D eigenvalue weighted by Crippen LogP contribution is 2.48. The van der Waals surface area contributed by atoms with Crippen LogP contribution in [0.15, 0.2) is 114 Å². The number of rotatable bonds is 9. The highest BCUT2D eigenvalue weighted by molar-refractivity contribution is 6.13. The third-order valence-corrected chi connectivity index (χ3v) is 9.53. The molecule has 0 aromatic heterocycles. The third-order valence-electron chi connectivity index (χ3n) is 9.53. The van der Waals surface area contributed by atoms with Crippen LogP contribution in [0.25, 0.3) is 0 Å². The van der Waals surface area contributed by atoms with Gasteiger partial charge in [0.25, 0.3) is 11.8 Å². The monoisotopic (exact) mass is 716 g/mol. The van der Waals surface area contributed by atoms with Crippen LogP contribution in [0.5, 0.6) is 0 Å². The summed E-state index contributed by atoms with van der Waals surface area (Å²) in [5.41, 5.74) is 7.61. The second kappa shape index (κ2) is 16.4. The van der Waals surface area contributed by atoms with E-state index in [2.05, 4.69) is 27.1 Å². The molecule has 3 aromatic carbocycles. The Morgan fingerprint density at radius 3 is 2.31 bits per heavy atom. The minimum Gasteiger partial charge on any atom is -0.404 e. The number of likely N-dealkylation sites (N-methyl/N-ethyl adjacent to an activating group) is 1. The molecule has 2 atom stereocenters. The first-order valence-electron chi connectivity index (χ1n) is 17.1. The molecule has 2 heterocycles. The molecule has 3 aromatic rings. The molecule has 0 radical (unpaired) electrons. The molecule has 52 heavy (non-hydrogen) atoms. The Hall–Kier alpha value is -5.27. The van der Waals surface area contributed by atoms with Crippen LogP contribution < -0.4 is 16.4 Å². The summed E-state index contributed by atoms with van der Waals surface area (Å²) in [6.07, 6.45) is -1.30. The van der Waals surface area contributed by atoms with Crippen molar-refractivity contribution in [2.75, 3.05) is 26.2 Å². The fourth-order valence-electron chi connectivity index (χ4n) is 6.51. The summed E-state index contributed by atoms with van der Waals surface area (Å²) < 4.78 is 38.8. The molecule has 3 amide bonds. The molecule has 10 nitrogen and oxygen atoms in total. The Morgan fingerprint density at radius 2 is 1.73 bits per heavy atom. The zero-order chi connectivity index (χ0) is 37.5. The van der Waals surface area contributed by atoms with Gasteiger partial charge in [-0.15, -0.1) is 0 Å². The normalized spacial score (nSPS) is 21.1. The minimum absolute atomic E-state index is 0.0716. The lowest BCUT2D eigenvalue weighted by atomic mass is 9.61. The van der Waals surface area contributed by atoms with Crippen molar-refractivity contribution in [2.24, 2.45) is 16.1 Å². The van der Waals surface area contributed by atoms with E-state index in [1.54, 1.807) is 19.1 Å². The van der Waals surface area contributed by atoms with Crippen molar-refractivity contribution < 1.29 is 32.7 Å². The first-order chi connectivity index (χ1) is 24.8. The van der Waals surface area contributed by atoms with E-state index in [0.717, 1.165) is 49.7 Å². The van der Waals surface area contributed by atoms with E-state index in [9.17, 15) is 32.7 Å². The molecular weight excluding hydrogens is 673 g/mol. The molecule has 3 aliphatic rings. The number of nitrogens with two attached hydrogens (primary N) is 1. The zero-order valence-electron chi connectivity index (χ0n) is 28.9. The van der Waals surface area contributed by atoms with Crippen molar-refractivity contribution in [3.8, 4) is 0 Å². The SMILES string of the molecule is C=C(CN1CC2(CCC2O)C1)C(=O)NCc1ccccc1.CCN1C(=O)C(NC(=O)c2cccc(C(F)(F)F)c2)C/C(=C/N)C1=Nc1ccccc1. The number of hydrogen-bond acceptors (Lipinski definition) is 7. The van der Waals surface area contributed by atoms with Crippen LogP contribution in [0.2, 0.25) is 0 Å². The number of aliphatic hydroxyl groups excluding tert-OH is 1. The lowest BCUT2D eigenvalue weighted by Gasteiger charge is -2.59. The van der Waals surface area contributed by atoms with Crippen LogP contribution in [-0.4, -0.2) is 76.8 Å². The fraction of sp³-hybridized carbons (Fsp3) is 0.333. The number of amidine groups is 1. The summed E-state index contributed by atoms with van der Waals surface area (Å²) in [6.45, 7) is 8.81. The third kappa shape index (κ3) is 8.96. The Kier molecular flexibility index (Phi) is 12.0. The highest BCUT2D eigenvalue weighted by atomic mass is 19.4. The number of carbonyl (C=O) groups excluding carboxylic acids is 3. The first-order valence-corrected chi connectivity index (χ1v) is 17.1. The summed E-state index contributed by atoms with van der Waals surface area (Å²) >= 11 is 0. The predicted molar refractivity (Wildman–Crippen MR) is 192 cm³/mol. The van der Waals surface area contributed by atoms with Crippen molar-refractivity contribution in [1.82, 2.24) is 20.4 Å². The van der Waals surface area contributed by atoms with Gasteiger partial charge in [-0.1, -0.05) is 61.2 Å². The van der Waals surface area contributed by atoms with Gasteiger partial charge in [0.15, 0.2) is 0 Å². The number of carbonyl (C=O) groups is 3. The van der Waals surface area contributed by atoms with Gasteiger partial charge in [-0.25, -0.2) is 4.99 Å². The summed E-state index contributed by atoms with van der Waals surface area (Å²) in [6, 6.07) is 21.9. The van der Waals surface area contributed by atoms with Crippen LogP contribution in [0.4, 0.5) is 18.9 Å². The van der Waals surface area contributed by atoms with Crippen molar-refractivity contribution in [3.63, 3.8) is 0 Å². The smallest absolute Gasteiger partial charge is 0.404 e. The second-order valence-corrected chi connectivity index (χ2v) is 13.2. The lowest BCUT2D eigenvalue weighted by molar-refractivity contribution is -0.155. The number of para-hydroxylation sites is 1. The average molecular weight is 717 g/mol. The molecular formula is C39H43F3N6O4. The van der Waals surface area contributed by atoms with Gasteiger partial charge in [0.05, 0.1) is 17.4 Å². The van der Waals surface area contributed by atoms with Gasteiger partial charge in [0.2, 0.25) is 5.91 Å². The van der Waals surface area contributed by atoms with E-state index in [1.807, 2.05) is 48.5 Å². The molecule has 1 saturated carbocycles. The maximum absolute atomic E-state index is 13.0. The Balaban J connectivity index is 0.000000216. The van der Waals surface area contributed by atoms with Gasteiger partial charge in [-0.3, -0.25) is 24.2 Å². The molecule has 0 bridgehead atoms. The van der Waals surface area contributed by atoms with E-state index in [-0.39, 0.29) is 36.0 Å². The number of aliphatic hydroxyl groups is 1. The predicted octanol–water partition coefficient (Wildman–Crippen LogP) is 4.94. The topological polar surface area (TPSA) is 140 Å². The van der Waals surface area contributed by atoms with Crippen molar-refractivity contribution in [2.45, 2.75) is 51.1 Å². The number of alkyl halides is 3. The largest absolute Gasteiger partial charge is 0.416 e. The number of hydrogen-bond donors (Lipinski definition) is 4. The van der Waals surface area contributed by atoms with Crippen molar-refractivity contribution in [1.29, 1.82) is 0 Å². The van der Waals surface area contributed by atoms with Gasteiger partial charge in [0.1, 0.15) is 11.9 Å². The van der Waals surface area contributed by atoms with Crippen molar-refractivity contribution in [3.05, 3.63) is 126 Å². The summed E-state index contributed by atoms with van der Waals surface area (Å²) in [5, 5.41) is 15.2. The number of likely N-dealkylation sites (tertiary alicyclic amines) is 2. The average Bonchev–Trinajstić information content (AvgIpc) is 3.13. The number of nitrogens with zero attached hydrogens (tertiary/aromatic N) is 3. The molecule has 2 aliphatic heterocycles. The van der Waals surface area contributed by atoms with Crippen LogP contribution in [0.3, 0.4) is 0 Å². The Morgan fingerprint density at radius 1 is 1.06 bits per heavy atom. The molecule has 1 spiro atoms. The minimum atomic E-state index is -4.58. The zero-order valence-corrected chi connectivity index (χ0v) is 28.9. The number of amides is 3. The number of benzene rings is 3. The van der Waals surface area contributed by atoms with Crippen LogP contribution >= 0.6 is 0 Å². The summed E-state index contributed by atoms with van der Waals surface area (Å²) in [4.78, 5) is 45.7. The molecule has 2 saturated heterocycles. The molecule has 3 fully saturated rings. The van der Waals surface area contributed by atoms with Gasteiger partial charge < -0.3 is 21.5 Å². The van der Waals surface area contributed by atoms with E-state index in [1.165, 1.54) is 17.2 Å². The van der Waals surface area contributed by atoms with Gasteiger partial charge in [-0.2, -0.15) is 13.2 Å². The number of halogens is 3. The van der Waals surface area contributed by atoms with E-state index in [0.29, 0.717) is 35.8 Å². The van der Waals surface area contributed by atoms with E-state index >= 15 is 0 Å². The molecule has 6 rings (SSSR count). The molecule has 13 heteroatoms. The standard InChI is InChI=1S/C22H21F3N4O2.C17H22N2O2/c1-2-29-19(27-17-9-4-3-5-10-17)15(13-26)12-18(21(29)31)28-20(30)14-7-6-8-16(11-14)22(23,24)25;1-13(10-19-11-17(12-19)8-7-15(17)20)16(21)18-9-14-5-3-2-4-6-14/h3-11,13,18H,2,12,26H2,1H3,(H,28,30);2-6,15,20H,1,7-12H2,(H,18,21)/b15-13-,27-19?;. The van der Waals surface area contributed by atoms with Gasteiger partial charge in [0, 0.05) is 67.5 Å². The Labute approximate surface area is 300 Å². The highest BCUT2D eigenvalue weighted by Gasteiger charge is 2.54. The van der Waals surface area contributed by atoms with Crippen LogP contribution in [-0.2, 0) is 22.3 Å². The van der Waals surface area contributed by atoms with E-state index < -0.39 is 29.6 Å². The maximum atomic E-state index is 13.0. The Bertz CT molecular complexity index is 1820. The van der Waals surface area contributed by atoms with Crippen LogP contribution in [0, 0.1) is 5.41 Å². The maximum Gasteiger partial charge on any atom is 0.416 e. The van der Waals surface area contributed by atoms with E-state index in [4.69, 9.17) is 5.73 Å². The fourth-order valence-corrected chi connectivity index (χ4v) is 6.51. The quantitative estimate of drug-likeness (QED) is 0.231. The molecule has 5 N–H and O–H groups in total.